The van der Waals surface area contributed by atoms with Gasteiger partial charge in [0.2, 0.25) is 5.91 Å². The largest absolute Gasteiger partial charge is 0.391 e. The summed E-state index contributed by atoms with van der Waals surface area (Å²) in [7, 11) is 0. The first-order valence-corrected chi connectivity index (χ1v) is 8.20. The van der Waals surface area contributed by atoms with Crippen LogP contribution in [0.3, 0.4) is 0 Å². The third-order valence-electron chi connectivity index (χ3n) is 3.05. The van der Waals surface area contributed by atoms with Crippen LogP contribution in [0.2, 0.25) is 0 Å². The normalized spacial score (nSPS) is 22.8. The molecule has 6 nitrogen and oxygen atoms in total. The van der Waals surface area contributed by atoms with E-state index in [-0.39, 0.29) is 30.2 Å². The number of rotatable bonds is 5. The Balaban J connectivity index is 2.65. The predicted molar refractivity (Wildman–Crippen MR) is 85.0 cm³/mol. The Morgan fingerprint density at radius 1 is 1.48 bits per heavy atom. The average Bonchev–Trinajstić information content (AvgIpc) is 2.75. The lowest BCUT2D eigenvalue weighted by Crippen LogP contribution is -2.45. The summed E-state index contributed by atoms with van der Waals surface area (Å²) in [5.74, 6) is 0.422. The lowest BCUT2D eigenvalue weighted by atomic mass is 9.91. The maximum Gasteiger partial charge on any atom is 0.262 e. The topological polar surface area (TPSA) is 82.0 Å². The number of hydrazone groups is 1. The van der Waals surface area contributed by atoms with E-state index in [1.807, 2.05) is 27.7 Å². The standard InChI is InChI=1S/C14H25N3O3S/c1-5-21-9-15-16-13(20)11-6-10(18)8-17(11)12(19)7-14(2,3)4/h9-11,18H,5-8H2,1-4H3,(H,16,20)/b15-9-. The highest BCUT2D eigenvalue weighted by atomic mass is 32.2. The minimum Gasteiger partial charge on any atom is -0.391 e. The van der Waals surface area contributed by atoms with Gasteiger partial charge in [0.15, 0.2) is 0 Å². The molecule has 1 aliphatic rings. The van der Waals surface area contributed by atoms with Gasteiger partial charge in [0, 0.05) is 19.4 Å². The molecule has 0 aromatic rings. The highest BCUT2D eigenvalue weighted by Crippen LogP contribution is 2.25. The van der Waals surface area contributed by atoms with Crippen molar-refractivity contribution in [2.45, 2.75) is 52.7 Å². The second-order valence-electron chi connectivity index (χ2n) is 6.35. The number of hydrogen-bond acceptors (Lipinski definition) is 5. The molecule has 0 spiro atoms. The van der Waals surface area contributed by atoms with Crippen molar-refractivity contribution in [3.8, 4) is 0 Å². The van der Waals surface area contributed by atoms with Crippen LogP contribution < -0.4 is 5.43 Å². The zero-order chi connectivity index (χ0) is 16.0. The zero-order valence-electron chi connectivity index (χ0n) is 13.1. The molecule has 0 aliphatic carbocycles. The first-order valence-electron chi connectivity index (χ1n) is 7.15. The van der Waals surface area contributed by atoms with Crippen molar-refractivity contribution >= 4 is 29.1 Å². The first kappa shape index (κ1) is 18.0. The predicted octanol–water partition coefficient (Wildman–Crippen LogP) is 1.20. The smallest absolute Gasteiger partial charge is 0.262 e. The van der Waals surface area contributed by atoms with Crippen molar-refractivity contribution in [2.24, 2.45) is 10.5 Å². The number of β-amino-alcohol motifs (C(OH)–C–C–N with tert-alkyl or cyclic N) is 1. The van der Waals surface area contributed by atoms with Crippen molar-refractivity contribution < 1.29 is 14.7 Å². The SMILES string of the molecule is CCS/C=N\NC(=O)C1CC(O)CN1C(=O)CC(C)(C)C. The van der Waals surface area contributed by atoms with Gasteiger partial charge in [-0.05, 0) is 11.2 Å². The summed E-state index contributed by atoms with van der Waals surface area (Å²) < 4.78 is 0. The van der Waals surface area contributed by atoms with Crippen molar-refractivity contribution in [3.05, 3.63) is 0 Å². The second-order valence-corrected chi connectivity index (χ2v) is 7.48. The number of nitrogens with one attached hydrogen (secondary N) is 1. The van der Waals surface area contributed by atoms with Gasteiger partial charge in [-0.15, -0.1) is 11.8 Å². The minimum absolute atomic E-state index is 0.105. The number of aliphatic hydroxyl groups excluding tert-OH is 1. The molecule has 1 saturated heterocycles. The lowest BCUT2D eigenvalue weighted by Gasteiger charge is -2.26. The molecule has 2 amide bonds. The lowest BCUT2D eigenvalue weighted by molar-refractivity contribution is -0.139. The fourth-order valence-electron chi connectivity index (χ4n) is 2.17. The monoisotopic (exact) mass is 315 g/mol. The Morgan fingerprint density at radius 3 is 2.71 bits per heavy atom. The molecule has 0 aromatic heterocycles. The number of nitrogens with zero attached hydrogens (tertiary/aromatic N) is 2. The number of aliphatic hydroxyl groups is 1. The van der Waals surface area contributed by atoms with Crippen molar-refractivity contribution in [2.75, 3.05) is 12.3 Å². The number of thioether (sulfide) groups is 1. The Bertz CT molecular complexity index is 407. The minimum atomic E-state index is -0.654. The molecular weight excluding hydrogens is 290 g/mol. The summed E-state index contributed by atoms with van der Waals surface area (Å²) in [5.41, 5.74) is 3.84. The van der Waals surface area contributed by atoms with Crippen LogP contribution in [0, 0.1) is 5.41 Å². The highest BCUT2D eigenvalue weighted by molar-refractivity contribution is 8.12. The van der Waals surface area contributed by atoms with Crippen LogP contribution in [0.4, 0.5) is 0 Å². The van der Waals surface area contributed by atoms with Gasteiger partial charge < -0.3 is 10.0 Å². The molecule has 2 N–H and O–H groups in total. The summed E-state index contributed by atoms with van der Waals surface area (Å²) >= 11 is 1.47. The van der Waals surface area contributed by atoms with E-state index in [4.69, 9.17) is 0 Å². The molecule has 1 fully saturated rings. The quantitative estimate of drug-likeness (QED) is 0.454. The Kier molecular flexibility index (Phi) is 6.67. The third kappa shape index (κ3) is 6.05. The number of carbonyl (C=O) groups is 2. The number of amides is 2. The molecule has 21 heavy (non-hydrogen) atoms. The van der Waals surface area contributed by atoms with E-state index < -0.39 is 12.1 Å². The Morgan fingerprint density at radius 2 is 2.14 bits per heavy atom. The van der Waals surface area contributed by atoms with Crippen LogP contribution in [0.15, 0.2) is 5.10 Å². The fraction of sp³-hybridized carbons (Fsp3) is 0.786. The summed E-state index contributed by atoms with van der Waals surface area (Å²) in [5, 5.41) is 13.6. The molecule has 120 valence electrons. The van der Waals surface area contributed by atoms with E-state index in [2.05, 4.69) is 10.5 Å². The van der Waals surface area contributed by atoms with Gasteiger partial charge in [0.1, 0.15) is 6.04 Å². The van der Waals surface area contributed by atoms with E-state index in [1.165, 1.54) is 16.7 Å². The molecule has 7 heteroatoms. The number of carbonyl (C=O) groups excluding carboxylic acids is 2. The van der Waals surface area contributed by atoms with Gasteiger partial charge in [-0.25, -0.2) is 5.43 Å². The van der Waals surface area contributed by atoms with Gasteiger partial charge >= 0.3 is 0 Å². The van der Waals surface area contributed by atoms with Crippen LogP contribution in [0.5, 0.6) is 0 Å². The number of likely N-dealkylation sites (tertiary alicyclic amines) is 1. The van der Waals surface area contributed by atoms with Crippen LogP contribution in [0.25, 0.3) is 0 Å². The maximum atomic E-state index is 12.3. The molecule has 2 atom stereocenters. The van der Waals surface area contributed by atoms with E-state index in [0.29, 0.717) is 6.42 Å². The van der Waals surface area contributed by atoms with E-state index in [9.17, 15) is 14.7 Å². The highest BCUT2D eigenvalue weighted by Gasteiger charge is 2.39. The van der Waals surface area contributed by atoms with Gasteiger partial charge in [-0.3, -0.25) is 9.59 Å². The van der Waals surface area contributed by atoms with Crippen molar-refractivity contribution in [3.63, 3.8) is 0 Å². The Hall–Kier alpha value is -1.08. The van der Waals surface area contributed by atoms with E-state index >= 15 is 0 Å². The summed E-state index contributed by atoms with van der Waals surface area (Å²) in [6.07, 6.45) is -0.0463. The van der Waals surface area contributed by atoms with E-state index in [1.54, 1.807) is 5.55 Å². The van der Waals surface area contributed by atoms with Crippen molar-refractivity contribution in [1.29, 1.82) is 0 Å². The average molecular weight is 315 g/mol. The maximum absolute atomic E-state index is 12.3. The van der Waals surface area contributed by atoms with Gasteiger partial charge in [-0.2, -0.15) is 5.10 Å². The molecule has 1 rings (SSSR count). The van der Waals surface area contributed by atoms with Gasteiger partial charge in [0.05, 0.1) is 11.7 Å². The fourth-order valence-corrected chi connectivity index (χ4v) is 2.45. The molecule has 2 unspecified atom stereocenters. The summed E-state index contributed by atoms with van der Waals surface area (Å²) in [6.45, 7) is 8.11. The van der Waals surface area contributed by atoms with Gasteiger partial charge in [0.25, 0.3) is 5.91 Å². The molecule has 0 aromatic carbocycles. The van der Waals surface area contributed by atoms with E-state index in [0.717, 1.165) is 5.75 Å². The van der Waals surface area contributed by atoms with Crippen LogP contribution in [-0.4, -0.2) is 51.8 Å². The molecule has 1 aliphatic heterocycles. The van der Waals surface area contributed by atoms with Crippen LogP contribution in [0.1, 0.15) is 40.5 Å². The molecule has 1 heterocycles. The van der Waals surface area contributed by atoms with Crippen molar-refractivity contribution in [1.82, 2.24) is 10.3 Å². The second kappa shape index (κ2) is 7.79. The number of hydrogen-bond donors (Lipinski definition) is 2. The molecule has 0 saturated carbocycles. The van der Waals surface area contributed by atoms with Crippen LogP contribution >= 0.6 is 11.8 Å². The molecular formula is C14H25N3O3S. The summed E-state index contributed by atoms with van der Waals surface area (Å²) in [4.78, 5) is 25.9. The van der Waals surface area contributed by atoms with Crippen LogP contribution in [-0.2, 0) is 9.59 Å². The first-order chi connectivity index (χ1) is 9.74. The summed E-state index contributed by atoms with van der Waals surface area (Å²) in [6, 6.07) is -0.640. The molecule has 0 radical (unpaired) electrons. The zero-order valence-corrected chi connectivity index (χ0v) is 13.9. The molecule has 0 bridgehead atoms. The third-order valence-corrected chi connectivity index (χ3v) is 3.64. The van der Waals surface area contributed by atoms with Gasteiger partial charge in [-0.1, -0.05) is 27.7 Å². The Labute approximate surface area is 130 Å².